The molecule has 0 bridgehead atoms. The van der Waals surface area contributed by atoms with Gasteiger partial charge in [0.25, 0.3) is 0 Å². The molecule has 0 aromatic heterocycles. The Balaban J connectivity index is 1.72. The van der Waals surface area contributed by atoms with Crippen LogP contribution in [0.3, 0.4) is 0 Å². The third kappa shape index (κ3) is 3.68. The van der Waals surface area contributed by atoms with Crippen molar-refractivity contribution in [3.8, 4) is 0 Å². The number of nitrogens with one attached hydrogen (secondary N) is 2. The third-order valence-electron chi connectivity index (χ3n) is 4.25. The first-order valence-corrected chi connectivity index (χ1v) is 7.88. The van der Waals surface area contributed by atoms with Crippen molar-refractivity contribution >= 4 is 22.6 Å². The molecule has 23 heavy (non-hydrogen) atoms. The minimum atomic E-state index is -1.01. The van der Waals surface area contributed by atoms with Gasteiger partial charge in [-0.05, 0) is 35.7 Å². The summed E-state index contributed by atoms with van der Waals surface area (Å²) in [5, 5.41) is 17.3. The van der Waals surface area contributed by atoms with Crippen LogP contribution < -0.4 is 10.6 Å². The van der Waals surface area contributed by atoms with Gasteiger partial charge in [0.05, 0.1) is 6.04 Å². The highest BCUT2D eigenvalue weighted by atomic mass is 16.4. The highest BCUT2D eigenvalue weighted by molar-refractivity contribution is 5.87. The van der Waals surface area contributed by atoms with Crippen LogP contribution in [0.15, 0.2) is 42.5 Å². The van der Waals surface area contributed by atoms with E-state index in [-0.39, 0.29) is 18.4 Å². The van der Waals surface area contributed by atoms with Gasteiger partial charge in [-0.2, -0.15) is 0 Å². The molecule has 1 fully saturated rings. The molecule has 3 N–H and O–H groups in total. The summed E-state index contributed by atoms with van der Waals surface area (Å²) >= 11 is 0. The molecule has 0 saturated carbocycles. The van der Waals surface area contributed by atoms with E-state index in [9.17, 15) is 14.7 Å². The Morgan fingerprint density at radius 1 is 1.22 bits per heavy atom. The molecule has 1 aliphatic rings. The van der Waals surface area contributed by atoms with Gasteiger partial charge in [-0.25, -0.2) is 4.79 Å². The average molecular weight is 312 g/mol. The highest BCUT2D eigenvalue weighted by Gasteiger charge is 2.27. The lowest BCUT2D eigenvalue weighted by Crippen LogP contribution is -2.49. The number of rotatable bonds is 5. The lowest BCUT2D eigenvalue weighted by molar-refractivity contribution is -0.142. The van der Waals surface area contributed by atoms with Gasteiger partial charge in [-0.1, -0.05) is 42.5 Å². The van der Waals surface area contributed by atoms with Gasteiger partial charge in [-0.15, -0.1) is 0 Å². The molecule has 5 nitrogen and oxygen atoms in total. The quantitative estimate of drug-likeness (QED) is 0.785. The fraction of sp³-hybridized carbons (Fsp3) is 0.333. The van der Waals surface area contributed by atoms with E-state index < -0.39 is 12.0 Å². The zero-order chi connectivity index (χ0) is 16.2. The fourth-order valence-corrected chi connectivity index (χ4v) is 2.98. The molecular formula is C18H20N2O3. The van der Waals surface area contributed by atoms with Crippen molar-refractivity contribution < 1.29 is 14.7 Å². The van der Waals surface area contributed by atoms with E-state index in [0.29, 0.717) is 0 Å². The van der Waals surface area contributed by atoms with Crippen LogP contribution in [0.25, 0.3) is 10.8 Å². The Morgan fingerprint density at radius 3 is 2.70 bits per heavy atom. The predicted molar refractivity (Wildman–Crippen MR) is 88.2 cm³/mol. The average Bonchev–Trinajstić information content (AvgIpc) is 3.08. The first-order chi connectivity index (χ1) is 11.1. The molecule has 0 radical (unpaired) electrons. The predicted octanol–water partition coefficient (Wildman–Crippen LogP) is 1.70. The lowest BCUT2D eigenvalue weighted by atomic mass is 10.0. The van der Waals surface area contributed by atoms with Crippen LogP contribution in [0.1, 0.15) is 18.4 Å². The fourth-order valence-electron chi connectivity index (χ4n) is 2.98. The Hall–Kier alpha value is -2.40. The Labute approximate surface area is 134 Å². The molecule has 1 saturated heterocycles. The molecule has 1 aliphatic heterocycles. The number of carboxylic acids is 1. The normalized spacial score (nSPS) is 18.7. The zero-order valence-electron chi connectivity index (χ0n) is 12.8. The number of aliphatic carboxylic acids is 1. The van der Waals surface area contributed by atoms with Gasteiger partial charge in [0, 0.05) is 6.42 Å². The summed E-state index contributed by atoms with van der Waals surface area (Å²) in [5.74, 6) is -1.24. The van der Waals surface area contributed by atoms with Gasteiger partial charge >= 0.3 is 5.97 Å². The molecule has 0 spiro atoms. The topological polar surface area (TPSA) is 78.4 Å². The zero-order valence-corrected chi connectivity index (χ0v) is 12.8. The molecule has 2 unspecified atom stereocenters. The molecule has 2 aromatic carbocycles. The second kappa shape index (κ2) is 6.79. The third-order valence-corrected chi connectivity index (χ3v) is 4.25. The molecule has 2 aromatic rings. The number of fused-ring (bicyclic) bond motifs is 1. The minimum absolute atomic E-state index is 0.226. The molecule has 1 amide bonds. The summed E-state index contributed by atoms with van der Waals surface area (Å²) in [7, 11) is 0. The number of carbonyl (C=O) groups excluding carboxylic acids is 1. The molecular weight excluding hydrogens is 292 g/mol. The van der Waals surface area contributed by atoms with Crippen molar-refractivity contribution in [1.82, 2.24) is 10.6 Å². The van der Waals surface area contributed by atoms with Gasteiger partial charge in [0.1, 0.15) is 6.04 Å². The maximum atomic E-state index is 12.1. The highest BCUT2D eigenvalue weighted by Crippen LogP contribution is 2.17. The second-order valence-electron chi connectivity index (χ2n) is 5.93. The maximum Gasteiger partial charge on any atom is 0.326 e. The molecule has 1 heterocycles. The molecule has 0 aliphatic carbocycles. The smallest absolute Gasteiger partial charge is 0.326 e. The van der Waals surface area contributed by atoms with E-state index in [0.717, 1.165) is 35.7 Å². The van der Waals surface area contributed by atoms with Gasteiger partial charge in [0.2, 0.25) is 5.91 Å². The van der Waals surface area contributed by atoms with E-state index in [1.54, 1.807) is 0 Å². The van der Waals surface area contributed by atoms with Crippen molar-refractivity contribution in [2.45, 2.75) is 31.3 Å². The van der Waals surface area contributed by atoms with Crippen LogP contribution in [0.2, 0.25) is 0 Å². The van der Waals surface area contributed by atoms with Gasteiger partial charge in [-0.3, -0.25) is 4.79 Å². The summed E-state index contributed by atoms with van der Waals surface area (Å²) in [6.45, 7) is 0.806. The van der Waals surface area contributed by atoms with Crippen molar-refractivity contribution in [3.63, 3.8) is 0 Å². The second-order valence-corrected chi connectivity index (χ2v) is 5.93. The van der Waals surface area contributed by atoms with Crippen molar-refractivity contribution in [1.29, 1.82) is 0 Å². The maximum absolute atomic E-state index is 12.1. The number of hydrogen-bond acceptors (Lipinski definition) is 3. The number of hydrogen-bond donors (Lipinski definition) is 3. The SMILES string of the molecule is O=C(O)C(Cc1ccc2ccccc2c1)NC(=O)C1CCCN1. The Bertz CT molecular complexity index is 723. The van der Waals surface area contributed by atoms with Crippen LogP contribution >= 0.6 is 0 Å². The van der Waals surface area contributed by atoms with E-state index >= 15 is 0 Å². The summed E-state index contributed by atoms with van der Waals surface area (Å²) in [4.78, 5) is 23.6. The number of carbonyl (C=O) groups is 2. The first kappa shape index (κ1) is 15.5. The van der Waals surface area contributed by atoms with E-state index in [1.165, 1.54) is 0 Å². The molecule has 120 valence electrons. The monoisotopic (exact) mass is 312 g/mol. The number of amides is 1. The Morgan fingerprint density at radius 2 is 2.00 bits per heavy atom. The van der Waals surface area contributed by atoms with Gasteiger partial charge in [0.15, 0.2) is 0 Å². The van der Waals surface area contributed by atoms with E-state index in [4.69, 9.17) is 0 Å². The van der Waals surface area contributed by atoms with Crippen molar-refractivity contribution in [3.05, 3.63) is 48.0 Å². The summed E-state index contributed by atoms with van der Waals surface area (Å²) in [6.07, 6.45) is 1.98. The summed E-state index contributed by atoms with van der Waals surface area (Å²) in [6, 6.07) is 12.6. The van der Waals surface area contributed by atoms with Crippen LogP contribution in [0.4, 0.5) is 0 Å². The van der Waals surface area contributed by atoms with Crippen LogP contribution in [-0.2, 0) is 16.0 Å². The first-order valence-electron chi connectivity index (χ1n) is 7.88. The molecule has 2 atom stereocenters. The van der Waals surface area contributed by atoms with E-state index in [1.807, 2.05) is 42.5 Å². The van der Waals surface area contributed by atoms with Crippen molar-refractivity contribution in [2.75, 3.05) is 6.54 Å². The Kier molecular flexibility index (Phi) is 4.57. The molecule has 5 heteroatoms. The molecule has 3 rings (SSSR count). The van der Waals surface area contributed by atoms with Gasteiger partial charge < -0.3 is 15.7 Å². The summed E-state index contributed by atoms with van der Waals surface area (Å²) < 4.78 is 0. The van der Waals surface area contributed by atoms with Crippen LogP contribution in [-0.4, -0.2) is 35.6 Å². The minimum Gasteiger partial charge on any atom is -0.480 e. The summed E-state index contributed by atoms with van der Waals surface area (Å²) in [5.41, 5.74) is 0.899. The number of carboxylic acid groups (broad SMARTS) is 1. The lowest BCUT2D eigenvalue weighted by Gasteiger charge is -2.18. The standard InChI is InChI=1S/C18H20N2O3/c21-17(15-6-3-9-19-15)20-16(18(22)23)11-12-7-8-13-4-1-2-5-14(13)10-12/h1-2,4-5,7-8,10,15-16,19H,3,6,9,11H2,(H,20,21)(H,22,23). The van der Waals surface area contributed by atoms with Crippen molar-refractivity contribution in [2.24, 2.45) is 0 Å². The number of benzene rings is 2. The van der Waals surface area contributed by atoms with Crippen LogP contribution in [0.5, 0.6) is 0 Å². The largest absolute Gasteiger partial charge is 0.480 e. The van der Waals surface area contributed by atoms with E-state index in [2.05, 4.69) is 10.6 Å². The van der Waals surface area contributed by atoms with Crippen LogP contribution in [0, 0.1) is 0 Å².